The van der Waals surface area contributed by atoms with Crippen molar-refractivity contribution in [2.24, 2.45) is 0 Å². The summed E-state index contributed by atoms with van der Waals surface area (Å²) in [7, 11) is -3.57. The lowest BCUT2D eigenvalue weighted by Gasteiger charge is -2.14. The minimum atomic E-state index is -3.57. The standard InChI is InChI=1S/C29H24N6O2S/c36-38(37,18-17-30-29-24-9-3-4-10-25(24)31-19-32-29)35-21-15-13-20(14-16-21)33-28-22-7-1-5-11-26(22)34-27-12-6-2-8-23(27)28/h1-16,19,35H,17-18H2,(H,33,34)(H,30,31,32). The van der Waals surface area contributed by atoms with Crippen LogP contribution in [-0.4, -0.2) is 35.7 Å². The van der Waals surface area contributed by atoms with Crippen LogP contribution in [-0.2, 0) is 10.0 Å². The van der Waals surface area contributed by atoms with Gasteiger partial charge in [-0.15, -0.1) is 0 Å². The zero-order chi connectivity index (χ0) is 26.0. The summed E-state index contributed by atoms with van der Waals surface area (Å²) in [6.45, 7) is 0.207. The Hall–Kier alpha value is -4.76. The van der Waals surface area contributed by atoms with Crippen molar-refractivity contribution >= 4 is 65.6 Å². The van der Waals surface area contributed by atoms with Gasteiger partial charge in [0, 0.05) is 34.1 Å². The molecular weight excluding hydrogens is 496 g/mol. The van der Waals surface area contributed by atoms with E-state index in [1.807, 2.05) is 84.9 Å². The Morgan fingerprint density at radius 3 is 1.89 bits per heavy atom. The van der Waals surface area contributed by atoms with Crippen molar-refractivity contribution in [3.63, 3.8) is 0 Å². The van der Waals surface area contributed by atoms with E-state index in [1.165, 1.54) is 6.33 Å². The summed E-state index contributed by atoms with van der Waals surface area (Å²) in [6.07, 6.45) is 1.46. The third kappa shape index (κ3) is 4.91. The van der Waals surface area contributed by atoms with Crippen LogP contribution in [0.4, 0.5) is 22.9 Å². The molecule has 0 aliphatic rings. The summed E-state index contributed by atoms with van der Waals surface area (Å²) in [5, 5.41) is 9.49. The van der Waals surface area contributed by atoms with Crippen LogP contribution >= 0.6 is 0 Å². The second-order valence-electron chi connectivity index (χ2n) is 8.81. The van der Waals surface area contributed by atoms with Crippen molar-refractivity contribution in [1.29, 1.82) is 0 Å². The molecule has 0 amide bonds. The van der Waals surface area contributed by atoms with Gasteiger partial charge in [0.05, 0.1) is 28.0 Å². The Kier molecular flexibility index (Phi) is 6.19. The first-order valence-corrected chi connectivity index (χ1v) is 13.8. The van der Waals surface area contributed by atoms with Crippen LogP contribution < -0.4 is 15.4 Å². The van der Waals surface area contributed by atoms with Crippen molar-refractivity contribution < 1.29 is 8.42 Å². The van der Waals surface area contributed by atoms with E-state index in [4.69, 9.17) is 4.98 Å². The average Bonchev–Trinajstić information content (AvgIpc) is 2.94. The first kappa shape index (κ1) is 23.6. The second-order valence-corrected chi connectivity index (χ2v) is 10.7. The third-order valence-electron chi connectivity index (χ3n) is 6.22. The molecule has 2 heterocycles. The Morgan fingerprint density at radius 2 is 1.21 bits per heavy atom. The van der Waals surface area contributed by atoms with E-state index >= 15 is 0 Å². The number of rotatable bonds is 8. The molecule has 9 heteroatoms. The molecule has 4 aromatic carbocycles. The van der Waals surface area contributed by atoms with Crippen LogP contribution in [0, 0.1) is 0 Å². The predicted molar refractivity (Wildman–Crippen MR) is 154 cm³/mol. The van der Waals surface area contributed by atoms with E-state index in [1.54, 1.807) is 12.1 Å². The van der Waals surface area contributed by atoms with Gasteiger partial charge >= 0.3 is 0 Å². The van der Waals surface area contributed by atoms with E-state index in [0.29, 0.717) is 11.5 Å². The first-order chi connectivity index (χ1) is 18.6. The molecule has 0 radical (unpaired) electrons. The number of hydrogen-bond acceptors (Lipinski definition) is 7. The molecule has 0 atom stereocenters. The molecule has 0 aliphatic carbocycles. The Bertz CT molecular complexity index is 1820. The zero-order valence-electron chi connectivity index (χ0n) is 20.3. The van der Waals surface area contributed by atoms with E-state index < -0.39 is 10.0 Å². The number of sulfonamides is 1. The molecule has 0 saturated carbocycles. The third-order valence-corrected chi connectivity index (χ3v) is 7.51. The van der Waals surface area contributed by atoms with Gasteiger partial charge in [0.2, 0.25) is 10.0 Å². The molecule has 0 aliphatic heterocycles. The van der Waals surface area contributed by atoms with Gasteiger partial charge in [-0.1, -0.05) is 48.5 Å². The monoisotopic (exact) mass is 520 g/mol. The molecule has 6 rings (SSSR count). The number of benzene rings is 4. The van der Waals surface area contributed by atoms with Gasteiger partial charge in [-0.05, 0) is 48.5 Å². The number of fused-ring (bicyclic) bond motifs is 3. The molecule has 0 fully saturated rings. The lowest BCUT2D eigenvalue weighted by molar-refractivity contribution is 0.601. The molecule has 38 heavy (non-hydrogen) atoms. The molecule has 188 valence electrons. The summed E-state index contributed by atoms with van der Waals surface area (Å²) in [5.41, 5.74) is 4.90. The van der Waals surface area contributed by atoms with Gasteiger partial charge in [0.25, 0.3) is 0 Å². The molecule has 0 saturated heterocycles. The van der Waals surface area contributed by atoms with Gasteiger partial charge < -0.3 is 10.6 Å². The predicted octanol–water partition coefficient (Wildman–Crippen LogP) is 5.93. The fraction of sp³-hybridized carbons (Fsp3) is 0.0690. The fourth-order valence-corrected chi connectivity index (χ4v) is 5.39. The first-order valence-electron chi connectivity index (χ1n) is 12.1. The summed E-state index contributed by atoms with van der Waals surface area (Å²) in [5.74, 6) is 0.498. The number of nitrogens with one attached hydrogen (secondary N) is 3. The molecule has 8 nitrogen and oxygen atoms in total. The highest BCUT2D eigenvalue weighted by Crippen LogP contribution is 2.33. The normalized spacial score (nSPS) is 11.6. The van der Waals surface area contributed by atoms with Gasteiger partial charge in [-0.3, -0.25) is 4.72 Å². The quantitative estimate of drug-likeness (QED) is 0.214. The summed E-state index contributed by atoms with van der Waals surface area (Å²) in [6, 6.07) is 30.8. The lowest BCUT2D eigenvalue weighted by atomic mass is 10.1. The molecule has 0 unspecified atom stereocenters. The van der Waals surface area contributed by atoms with Crippen LogP contribution in [0.1, 0.15) is 0 Å². The van der Waals surface area contributed by atoms with E-state index in [0.717, 1.165) is 44.1 Å². The van der Waals surface area contributed by atoms with E-state index in [2.05, 4.69) is 25.3 Å². The van der Waals surface area contributed by atoms with Gasteiger partial charge in [0.15, 0.2) is 0 Å². The average molecular weight is 521 g/mol. The topological polar surface area (TPSA) is 109 Å². The number of nitrogens with zero attached hydrogens (tertiary/aromatic N) is 3. The van der Waals surface area contributed by atoms with E-state index in [9.17, 15) is 8.42 Å². The maximum absolute atomic E-state index is 12.7. The molecular formula is C29H24N6O2S. The molecule has 6 aromatic rings. The van der Waals surface area contributed by atoms with E-state index in [-0.39, 0.29) is 12.3 Å². The van der Waals surface area contributed by atoms with Crippen LogP contribution in [0.3, 0.4) is 0 Å². The van der Waals surface area contributed by atoms with Crippen molar-refractivity contribution in [3.05, 3.63) is 103 Å². The number of para-hydroxylation sites is 3. The summed E-state index contributed by atoms with van der Waals surface area (Å²) in [4.78, 5) is 13.2. The number of pyridine rings is 1. The number of hydrogen-bond donors (Lipinski definition) is 3. The Balaban J connectivity index is 1.15. The summed E-state index contributed by atoms with van der Waals surface area (Å²) >= 11 is 0. The Labute approximate surface area is 219 Å². The van der Waals surface area contributed by atoms with Gasteiger partial charge in [-0.2, -0.15) is 0 Å². The minimum absolute atomic E-state index is 0.111. The smallest absolute Gasteiger partial charge is 0.234 e. The highest BCUT2D eigenvalue weighted by molar-refractivity contribution is 7.92. The van der Waals surface area contributed by atoms with Crippen LogP contribution in [0.5, 0.6) is 0 Å². The molecule has 2 aromatic heterocycles. The van der Waals surface area contributed by atoms with Gasteiger partial charge in [-0.25, -0.2) is 23.4 Å². The van der Waals surface area contributed by atoms with Crippen LogP contribution in [0.15, 0.2) is 103 Å². The minimum Gasteiger partial charge on any atom is -0.368 e. The van der Waals surface area contributed by atoms with Gasteiger partial charge in [0.1, 0.15) is 12.1 Å². The summed E-state index contributed by atoms with van der Waals surface area (Å²) < 4.78 is 28.1. The number of anilines is 4. The highest BCUT2D eigenvalue weighted by atomic mass is 32.2. The molecule has 0 spiro atoms. The van der Waals surface area contributed by atoms with Crippen LogP contribution in [0.25, 0.3) is 32.7 Å². The largest absolute Gasteiger partial charge is 0.368 e. The Morgan fingerprint density at radius 1 is 0.632 bits per heavy atom. The maximum atomic E-state index is 12.7. The van der Waals surface area contributed by atoms with Crippen molar-refractivity contribution in [3.8, 4) is 0 Å². The zero-order valence-corrected chi connectivity index (χ0v) is 21.1. The van der Waals surface area contributed by atoms with Crippen molar-refractivity contribution in [1.82, 2.24) is 15.0 Å². The second kappa shape index (κ2) is 9.95. The lowest BCUT2D eigenvalue weighted by Crippen LogP contribution is -2.22. The maximum Gasteiger partial charge on any atom is 0.234 e. The SMILES string of the molecule is O=S(=O)(CCNc1ncnc2ccccc12)Nc1ccc(Nc2c3ccccc3nc3ccccc23)cc1. The molecule has 0 bridgehead atoms. The van der Waals surface area contributed by atoms with Crippen molar-refractivity contribution in [2.45, 2.75) is 0 Å². The number of aromatic nitrogens is 3. The molecule has 3 N–H and O–H groups in total. The van der Waals surface area contributed by atoms with Crippen molar-refractivity contribution in [2.75, 3.05) is 27.7 Å². The fourth-order valence-electron chi connectivity index (χ4n) is 4.42. The highest BCUT2D eigenvalue weighted by Gasteiger charge is 2.12. The van der Waals surface area contributed by atoms with Crippen LogP contribution in [0.2, 0.25) is 0 Å².